The van der Waals surface area contributed by atoms with Gasteiger partial charge in [0.05, 0.1) is 12.3 Å². The Morgan fingerprint density at radius 2 is 2.06 bits per heavy atom. The predicted molar refractivity (Wildman–Crippen MR) is 75.9 cm³/mol. The van der Waals surface area contributed by atoms with Crippen LogP contribution in [0.3, 0.4) is 0 Å². The minimum atomic E-state index is -0.0695. The van der Waals surface area contributed by atoms with Gasteiger partial charge in [0.25, 0.3) is 0 Å². The molecule has 1 fully saturated rings. The van der Waals surface area contributed by atoms with Crippen molar-refractivity contribution in [3.8, 4) is 0 Å². The summed E-state index contributed by atoms with van der Waals surface area (Å²) in [5.74, 6) is 0.802. The van der Waals surface area contributed by atoms with Gasteiger partial charge in [0.15, 0.2) is 0 Å². The van der Waals surface area contributed by atoms with Gasteiger partial charge in [-0.3, -0.25) is 0 Å². The zero-order valence-corrected chi connectivity index (χ0v) is 12.4. The number of thiazole rings is 1. The second-order valence-electron chi connectivity index (χ2n) is 5.72. The minimum absolute atomic E-state index is 0.0695. The first-order valence-corrected chi connectivity index (χ1v) is 7.65. The Balaban J connectivity index is 1.94. The Kier molecular flexibility index (Phi) is 4.41. The van der Waals surface area contributed by atoms with Crippen molar-refractivity contribution < 1.29 is 5.11 Å². The van der Waals surface area contributed by atoms with Crippen LogP contribution in [-0.2, 0) is 6.54 Å². The predicted octanol–water partition coefficient (Wildman–Crippen LogP) is 2.79. The Morgan fingerprint density at radius 1 is 1.39 bits per heavy atom. The van der Waals surface area contributed by atoms with Crippen molar-refractivity contribution in [2.75, 3.05) is 6.61 Å². The lowest BCUT2D eigenvalue weighted by Crippen LogP contribution is -2.50. The maximum atomic E-state index is 9.69. The fraction of sp³-hybridized carbons (Fsp3) is 0.786. The zero-order valence-electron chi connectivity index (χ0n) is 11.6. The first-order chi connectivity index (χ1) is 8.54. The Morgan fingerprint density at radius 3 is 2.56 bits per heavy atom. The molecule has 0 bridgehead atoms. The number of hydrogen-bond donors (Lipinski definition) is 2. The van der Waals surface area contributed by atoms with Crippen LogP contribution >= 0.6 is 11.3 Å². The van der Waals surface area contributed by atoms with Crippen molar-refractivity contribution in [1.82, 2.24) is 10.3 Å². The lowest BCUT2D eigenvalue weighted by atomic mass is 9.77. The molecule has 0 saturated heterocycles. The summed E-state index contributed by atoms with van der Waals surface area (Å²) in [7, 11) is 0. The molecule has 3 nitrogen and oxygen atoms in total. The van der Waals surface area contributed by atoms with E-state index in [1.54, 1.807) is 11.3 Å². The van der Waals surface area contributed by atoms with Gasteiger partial charge in [0.2, 0.25) is 0 Å². The molecule has 0 spiro atoms. The first-order valence-electron chi connectivity index (χ1n) is 6.83. The van der Waals surface area contributed by atoms with E-state index in [0.29, 0.717) is 0 Å². The van der Waals surface area contributed by atoms with Crippen LogP contribution in [0.4, 0.5) is 0 Å². The van der Waals surface area contributed by atoms with Crippen LogP contribution in [0.1, 0.15) is 48.2 Å². The van der Waals surface area contributed by atoms with E-state index in [0.717, 1.165) is 36.0 Å². The van der Waals surface area contributed by atoms with Crippen LogP contribution in [0, 0.1) is 19.8 Å². The van der Waals surface area contributed by atoms with Crippen molar-refractivity contribution in [3.63, 3.8) is 0 Å². The number of nitrogens with zero attached hydrogens (tertiary/aromatic N) is 1. The third-order valence-electron chi connectivity index (χ3n) is 4.22. The highest BCUT2D eigenvalue weighted by Crippen LogP contribution is 2.32. The van der Waals surface area contributed by atoms with Crippen LogP contribution in [-0.4, -0.2) is 22.2 Å². The fourth-order valence-corrected chi connectivity index (χ4v) is 3.46. The quantitative estimate of drug-likeness (QED) is 0.882. The van der Waals surface area contributed by atoms with Gasteiger partial charge in [-0.2, -0.15) is 0 Å². The van der Waals surface area contributed by atoms with Crippen LogP contribution in [0.5, 0.6) is 0 Å². The van der Waals surface area contributed by atoms with Gasteiger partial charge in [0.1, 0.15) is 5.01 Å². The van der Waals surface area contributed by atoms with Crippen LogP contribution < -0.4 is 5.32 Å². The summed E-state index contributed by atoms with van der Waals surface area (Å²) in [5.41, 5.74) is 1.06. The molecule has 18 heavy (non-hydrogen) atoms. The van der Waals surface area contributed by atoms with Gasteiger partial charge < -0.3 is 10.4 Å². The molecule has 0 aromatic carbocycles. The van der Waals surface area contributed by atoms with Crippen molar-refractivity contribution in [2.45, 2.75) is 58.5 Å². The highest BCUT2D eigenvalue weighted by atomic mass is 32.1. The van der Waals surface area contributed by atoms with Gasteiger partial charge in [-0.15, -0.1) is 11.3 Å². The second-order valence-corrected chi connectivity index (χ2v) is 7.01. The monoisotopic (exact) mass is 268 g/mol. The van der Waals surface area contributed by atoms with E-state index in [1.807, 2.05) is 0 Å². The molecule has 1 aliphatic rings. The molecular formula is C14H24N2OS. The summed E-state index contributed by atoms with van der Waals surface area (Å²) in [6.45, 7) is 7.49. The summed E-state index contributed by atoms with van der Waals surface area (Å²) in [6.07, 6.45) is 4.58. The lowest BCUT2D eigenvalue weighted by molar-refractivity contribution is 0.104. The molecule has 102 valence electrons. The van der Waals surface area contributed by atoms with E-state index in [2.05, 4.69) is 31.1 Å². The number of aliphatic hydroxyl groups is 1. The molecule has 1 aliphatic carbocycles. The Labute approximate surface area is 114 Å². The molecule has 4 heteroatoms. The number of aliphatic hydroxyl groups excluding tert-OH is 1. The maximum absolute atomic E-state index is 9.69. The largest absolute Gasteiger partial charge is 0.394 e. The average molecular weight is 268 g/mol. The Bertz CT molecular complexity index is 375. The third kappa shape index (κ3) is 3.11. The molecule has 0 amide bonds. The van der Waals surface area contributed by atoms with E-state index >= 15 is 0 Å². The van der Waals surface area contributed by atoms with E-state index < -0.39 is 0 Å². The smallest absolute Gasteiger partial charge is 0.107 e. The maximum Gasteiger partial charge on any atom is 0.107 e. The van der Waals surface area contributed by atoms with Crippen molar-refractivity contribution in [1.29, 1.82) is 0 Å². The fourth-order valence-electron chi connectivity index (χ4n) is 2.58. The average Bonchev–Trinajstić information content (AvgIpc) is 2.69. The van der Waals surface area contributed by atoms with Gasteiger partial charge in [-0.25, -0.2) is 4.98 Å². The van der Waals surface area contributed by atoms with Gasteiger partial charge in [-0.05, 0) is 45.4 Å². The Hall–Kier alpha value is -0.450. The van der Waals surface area contributed by atoms with Gasteiger partial charge >= 0.3 is 0 Å². The number of rotatable bonds is 4. The molecule has 1 saturated carbocycles. The van der Waals surface area contributed by atoms with Crippen LogP contribution in [0.15, 0.2) is 0 Å². The first kappa shape index (κ1) is 14.0. The zero-order chi connectivity index (χ0) is 13.2. The number of aryl methyl sites for hydroxylation is 2. The summed E-state index contributed by atoms with van der Waals surface area (Å²) < 4.78 is 0. The highest BCUT2D eigenvalue weighted by molar-refractivity contribution is 7.11. The molecular weight excluding hydrogens is 244 g/mol. The lowest BCUT2D eigenvalue weighted by Gasteiger charge is -2.38. The SMILES string of the molecule is Cc1nc(CNC2(CO)CCC(C)CC2)sc1C. The van der Waals surface area contributed by atoms with Gasteiger partial charge in [0, 0.05) is 17.0 Å². The van der Waals surface area contributed by atoms with E-state index in [9.17, 15) is 5.11 Å². The van der Waals surface area contributed by atoms with E-state index in [-0.39, 0.29) is 12.1 Å². The molecule has 1 aromatic rings. The summed E-state index contributed by atoms with van der Waals surface area (Å²) in [4.78, 5) is 5.84. The van der Waals surface area contributed by atoms with Crippen molar-refractivity contribution in [2.24, 2.45) is 5.92 Å². The summed E-state index contributed by atoms with van der Waals surface area (Å²) >= 11 is 1.76. The standard InChI is InChI=1S/C14H24N2OS/c1-10-4-6-14(9-17,7-5-10)15-8-13-16-11(2)12(3)18-13/h10,15,17H,4-9H2,1-3H3. The molecule has 1 heterocycles. The van der Waals surface area contributed by atoms with Crippen molar-refractivity contribution >= 4 is 11.3 Å². The van der Waals surface area contributed by atoms with E-state index in [4.69, 9.17) is 0 Å². The molecule has 1 aromatic heterocycles. The normalized spacial score (nSPS) is 28.6. The van der Waals surface area contributed by atoms with Crippen LogP contribution in [0.25, 0.3) is 0 Å². The molecule has 2 rings (SSSR count). The second kappa shape index (κ2) is 5.68. The van der Waals surface area contributed by atoms with E-state index in [1.165, 1.54) is 17.7 Å². The molecule has 0 atom stereocenters. The van der Waals surface area contributed by atoms with Crippen molar-refractivity contribution in [3.05, 3.63) is 15.6 Å². The minimum Gasteiger partial charge on any atom is -0.394 e. The van der Waals surface area contributed by atoms with Crippen LogP contribution in [0.2, 0.25) is 0 Å². The summed E-state index contributed by atoms with van der Waals surface area (Å²) in [6, 6.07) is 0. The molecule has 0 aliphatic heterocycles. The highest BCUT2D eigenvalue weighted by Gasteiger charge is 2.33. The van der Waals surface area contributed by atoms with Gasteiger partial charge in [-0.1, -0.05) is 6.92 Å². The topological polar surface area (TPSA) is 45.2 Å². The third-order valence-corrected chi connectivity index (χ3v) is 5.29. The number of nitrogens with one attached hydrogen (secondary N) is 1. The molecule has 0 unspecified atom stereocenters. The number of aromatic nitrogens is 1. The number of hydrogen-bond acceptors (Lipinski definition) is 4. The molecule has 2 N–H and O–H groups in total. The summed E-state index contributed by atoms with van der Waals surface area (Å²) in [5, 5.41) is 14.4. The molecule has 0 radical (unpaired) electrons.